The number of aromatic nitrogens is 2. The van der Waals surface area contributed by atoms with Crippen LogP contribution in [0.1, 0.15) is 16.7 Å². The maximum Gasteiger partial charge on any atom is 0.241 e. The number of carbonyl (C=O) groups is 1. The van der Waals surface area contributed by atoms with Crippen molar-refractivity contribution >= 4 is 11.6 Å². The van der Waals surface area contributed by atoms with Gasteiger partial charge in [0.05, 0.1) is 18.5 Å². The predicted molar refractivity (Wildman–Crippen MR) is 85.6 cm³/mol. The van der Waals surface area contributed by atoms with Gasteiger partial charge in [0, 0.05) is 19.3 Å². The van der Waals surface area contributed by atoms with Crippen molar-refractivity contribution in [3.05, 3.63) is 47.3 Å². The zero-order valence-corrected chi connectivity index (χ0v) is 13.0. The van der Waals surface area contributed by atoms with E-state index in [4.69, 9.17) is 5.11 Å². The highest BCUT2D eigenvalue weighted by Gasteiger charge is 2.05. The second-order valence-electron chi connectivity index (χ2n) is 5.21. The number of hydrogen-bond donors (Lipinski definition) is 3. The van der Waals surface area contributed by atoms with Crippen LogP contribution >= 0.6 is 0 Å². The molecule has 0 aliphatic heterocycles. The third-order valence-corrected chi connectivity index (χ3v) is 3.57. The Bertz CT molecular complexity index is 637. The Kier molecular flexibility index (Phi) is 5.55. The van der Waals surface area contributed by atoms with Crippen LogP contribution in [0, 0.1) is 13.8 Å². The molecule has 3 N–H and O–H groups in total. The number of aliphatic hydroxyl groups is 1. The minimum atomic E-state index is -0.168. The third kappa shape index (κ3) is 4.33. The topological polar surface area (TPSA) is 79.2 Å². The van der Waals surface area contributed by atoms with E-state index < -0.39 is 0 Å². The van der Waals surface area contributed by atoms with Crippen LogP contribution in [0.3, 0.4) is 0 Å². The second-order valence-corrected chi connectivity index (χ2v) is 5.21. The fraction of sp³-hybridized carbons (Fsp3) is 0.375. The quantitative estimate of drug-likeness (QED) is 0.718. The molecular formula is C16H22N4O2. The fourth-order valence-corrected chi connectivity index (χ4v) is 2.14. The number of rotatable bonds is 7. The van der Waals surface area contributed by atoms with E-state index in [0.717, 1.165) is 12.2 Å². The number of anilines is 1. The molecule has 0 atom stereocenters. The van der Waals surface area contributed by atoms with Gasteiger partial charge in [0.1, 0.15) is 6.54 Å². The summed E-state index contributed by atoms with van der Waals surface area (Å²) >= 11 is 0. The first-order valence-electron chi connectivity index (χ1n) is 7.29. The minimum absolute atomic E-state index is 0.0620. The molecule has 2 aromatic rings. The Morgan fingerprint density at radius 3 is 2.95 bits per heavy atom. The first-order chi connectivity index (χ1) is 10.6. The normalized spacial score (nSPS) is 10.5. The summed E-state index contributed by atoms with van der Waals surface area (Å²) in [6.07, 6.45) is 3.49. The van der Waals surface area contributed by atoms with Gasteiger partial charge in [0.25, 0.3) is 0 Å². The number of nitrogens with one attached hydrogen (secondary N) is 2. The Balaban J connectivity index is 1.89. The van der Waals surface area contributed by atoms with Crippen molar-refractivity contribution < 1.29 is 9.90 Å². The number of aliphatic hydroxyl groups excluding tert-OH is 1. The van der Waals surface area contributed by atoms with Gasteiger partial charge in [0.15, 0.2) is 0 Å². The van der Waals surface area contributed by atoms with Crippen LogP contribution < -0.4 is 10.6 Å². The van der Waals surface area contributed by atoms with Gasteiger partial charge in [-0.25, -0.2) is 0 Å². The van der Waals surface area contributed by atoms with Gasteiger partial charge in [-0.1, -0.05) is 18.2 Å². The molecule has 0 radical (unpaired) electrons. The molecule has 0 aliphatic carbocycles. The molecule has 118 valence electrons. The molecule has 0 aliphatic rings. The lowest BCUT2D eigenvalue weighted by Gasteiger charge is -2.09. The van der Waals surface area contributed by atoms with Crippen molar-refractivity contribution in [1.82, 2.24) is 15.1 Å². The minimum Gasteiger partial charge on any atom is -0.395 e. The molecule has 22 heavy (non-hydrogen) atoms. The molecule has 0 bridgehead atoms. The summed E-state index contributed by atoms with van der Waals surface area (Å²) in [7, 11) is 0. The van der Waals surface area contributed by atoms with Crippen molar-refractivity contribution in [3.8, 4) is 0 Å². The van der Waals surface area contributed by atoms with E-state index in [0.29, 0.717) is 0 Å². The highest BCUT2D eigenvalue weighted by atomic mass is 16.3. The van der Waals surface area contributed by atoms with Crippen LogP contribution in [0.4, 0.5) is 5.69 Å². The van der Waals surface area contributed by atoms with Crippen LogP contribution in [-0.4, -0.2) is 33.9 Å². The molecule has 1 aromatic heterocycles. The molecule has 6 nitrogen and oxygen atoms in total. The third-order valence-electron chi connectivity index (χ3n) is 3.57. The van der Waals surface area contributed by atoms with E-state index in [2.05, 4.69) is 41.7 Å². The first kappa shape index (κ1) is 16.0. The van der Waals surface area contributed by atoms with E-state index >= 15 is 0 Å². The van der Waals surface area contributed by atoms with Gasteiger partial charge in [-0.05, 0) is 30.5 Å². The molecule has 1 amide bonds. The number of aryl methyl sites for hydroxylation is 1. The van der Waals surface area contributed by atoms with E-state index in [1.807, 2.05) is 6.07 Å². The Morgan fingerprint density at radius 1 is 1.36 bits per heavy atom. The number of amides is 1. The van der Waals surface area contributed by atoms with Gasteiger partial charge in [-0.3, -0.25) is 9.48 Å². The average molecular weight is 302 g/mol. The zero-order chi connectivity index (χ0) is 15.9. The average Bonchev–Trinajstić information content (AvgIpc) is 2.94. The lowest BCUT2D eigenvalue weighted by atomic mass is 10.0. The SMILES string of the molecule is Cc1cccc(CNc2cnn(CC(=O)NCCO)c2)c1C. The van der Waals surface area contributed by atoms with Crippen LogP contribution in [0.5, 0.6) is 0 Å². The van der Waals surface area contributed by atoms with E-state index in [9.17, 15) is 4.79 Å². The highest BCUT2D eigenvalue weighted by Crippen LogP contribution is 2.14. The smallest absolute Gasteiger partial charge is 0.241 e. The summed E-state index contributed by atoms with van der Waals surface area (Å²) in [5.74, 6) is -0.168. The summed E-state index contributed by atoms with van der Waals surface area (Å²) in [5, 5.41) is 18.7. The summed E-state index contributed by atoms with van der Waals surface area (Å²) in [5.41, 5.74) is 4.67. The first-order valence-corrected chi connectivity index (χ1v) is 7.29. The van der Waals surface area contributed by atoms with Gasteiger partial charge < -0.3 is 15.7 Å². The van der Waals surface area contributed by atoms with Gasteiger partial charge in [0.2, 0.25) is 5.91 Å². The van der Waals surface area contributed by atoms with Gasteiger partial charge >= 0.3 is 0 Å². The molecule has 0 spiro atoms. The molecule has 1 heterocycles. The zero-order valence-electron chi connectivity index (χ0n) is 13.0. The lowest BCUT2D eigenvalue weighted by molar-refractivity contribution is -0.122. The largest absolute Gasteiger partial charge is 0.395 e. The van der Waals surface area contributed by atoms with Crippen LogP contribution in [0.25, 0.3) is 0 Å². The summed E-state index contributed by atoms with van der Waals surface area (Å²) in [6.45, 7) is 5.27. The Hall–Kier alpha value is -2.34. The lowest BCUT2D eigenvalue weighted by Crippen LogP contribution is -2.30. The Morgan fingerprint density at radius 2 is 2.18 bits per heavy atom. The summed E-state index contributed by atoms with van der Waals surface area (Å²) < 4.78 is 1.57. The van der Waals surface area contributed by atoms with Crippen molar-refractivity contribution in [2.24, 2.45) is 0 Å². The van der Waals surface area contributed by atoms with Crippen LogP contribution in [-0.2, 0) is 17.9 Å². The predicted octanol–water partition coefficient (Wildman–Crippen LogP) is 1.22. The van der Waals surface area contributed by atoms with Crippen molar-refractivity contribution in [3.63, 3.8) is 0 Å². The number of nitrogens with zero attached hydrogens (tertiary/aromatic N) is 2. The van der Waals surface area contributed by atoms with Crippen molar-refractivity contribution in [2.45, 2.75) is 26.9 Å². The van der Waals surface area contributed by atoms with Crippen LogP contribution in [0.2, 0.25) is 0 Å². The maximum atomic E-state index is 11.5. The molecule has 0 fully saturated rings. The van der Waals surface area contributed by atoms with Crippen molar-refractivity contribution in [1.29, 1.82) is 0 Å². The summed E-state index contributed by atoms with van der Waals surface area (Å²) in [4.78, 5) is 11.5. The van der Waals surface area contributed by atoms with E-state index in [-0.39, 0.29) is 25.6 Å². The molecule has 1 aromatic carbocycles. The van der Waals surface area contributed by atoms with Crippen molar-refractivity contribution in [2.75, 3.05) is 18.5 Å². The number of hydrogen-bond acceptors (Lipinski definition) is 4. The number of carbonyl (C=O) groups excluding carboxylic acids is 1. The van der Waals surface area contributed by atoms with E-state index in [1.165, 1.54) is 16.7 Å². The molecule has 0 saturated heterocycles. The molecule has 6 heteroatoms. The number of benzene rings is 1. The summed E-state index contributed by atoms with van der Waals surface area (Å²) in [6, 6.07) is 6.25. The monoisotopic (exact) mass is 302 g/mol. The standard InChI is InChI=1S/C16H22N4O2/c1-12-4-3-5-14(13(12)2)8-18-15-9-19-20(10-15)11-16(22)17-6-7-21/h3-5,9-10,18,21H,6-8,11H2,1-2H3,(H,17,22). The molecule has 0 saturated carbocycles. The fourth-order valence-electron chi connectivity index (χ4n) is 2.14. The van der Waals surface area contributed by atoms with Gasteiger partial charge in [-0.15, -0.1) is 0 Å². The van der Waals surface area contributed by atoms with Crippen LogP contribution in [0.15, 0.2) is 30.6 Å². The maximum absolute atomic E-state index is 11.5. The molecule has 2 rings (SSSR count). The molecule has 0 unspecified atom stereocenters. The highest BCUT2D eigenvalue weighted by molar-refractivity contribution is 5.75. The Labute approximate surface area is 130 Å². The molecular weight excluding hydrogens is 280 g/mol. The second kappa shape index (κ2) is 7.61. The van der Waals surface area contributed by atoms with Gasteiger partial charge in [-0.2, -0.15) is 5.10 Å². The van der Waals surface area contributed by atoms with E-state index in [1.54, 1.807) is 17.1 Å².